The molecule has 0 saturated carbocycles. The number of aryl methyl sites for hydroxylation is 1. The van der Waals surface area contributed by atoms with Crippen molar-refractivity contribution in [3.63, 3.8) is 0 Å². The summed E-state index contributed by atoms with van der Waals surface area (Å²) in [5, 5.41) is 3.44. The number of halogens is 2. The highest BCUT2D eigenvalue weighted by Crippen LogP contribution is 2.19. The Morgan fingerprint density at radius 3 is 3.00 bits per heavy atom. The van der Waals surface area contributed by atoms with Crippen LogP contribution in [0.15, 0.2) is 30.7 Å². The maximum atomic E-state index is 13.6. The molecule has 0 aliphatic heterocycles. The van der Waals surface area contributed by atoms with E-state index in [1.165, 1.54) is 6.07 Å². The SMILES string of the molecule is CCCn1cncc1CNc1ccc(Cl)cc1F. The van der Waals surface area contributed by atoms with E-state index in [1.807, 2.05) is 0 Å². The van der Waals surface area contributed by atoms with Crippen LogP contribution >= 0.6 is 11.6 Å². The molecule has 1 N–H and O–H groups in total. The zero-order valence-electron chi connectivity index (χ0n) is 10.2. The first-order valence-corrected chi connectivity index (χ1v) is 6.26. The van der Waals surface area contributed by atoms with Gasteiger partial charge in [-0.05, 0) is 24.6 Å². The number of hydrogen-bond acceptors (Lipinski definition) is 2. The fourth-order valence-electron chi connectivity index (χ4n) is 1.76. The average molecular weight is 268 g/mol. The van der Waals surface area contributed by atoms with Gasteiger partial charge in [-0.3, -0.25) is 0 Å². The van der Waals surface area contributed by atoms with Crippen LogP contribution < -0.4 is 5.32 Å². The van der Waals surface area contributed by atoms with Gasteiger partial charge in [-0.25, -0.2) is 9.37 Å². The third kappa shape index (κ3) is 3.01. The Bertz CT molecular complexity index is 525. The van der Waals surface area contributed by atoms with E-state index in [0.29, 0.717) is 17.3 Å². The molecule has 1 aromatic carbocycles. The lowest BCUT2D eigenvalue weighted by Crippen LogP contribution is -2.07. The van der Waals surface area contributed by atoms with Gasteiger partial charge >= 0.3 is 0 Å². The van der Waals surface area contributed by atoms with E-state index in [-0.39, 0.29) is 5.82 Å². The summed E-state index contributed by atoms with van der Waals surface area (Å²) in [6, 6.07) is 4.60. The summed E-state index contributed by atoms with van der Waals surface area (Å²) in [7, 11) is 0. The van der Waals surface area contributed by atoms with Crippen molar-refractivity contribution < 1.29 is 4.39 Å². The van der Waals surface area contributed by atoms with Gasteiger partial charge in [0, 0.05) is 17.8 Å². The summed E-state index contributed by atoms with van der Waals surface area (Å²) in [6.45, 7) is 3.56. The number of hydrogen-bond donors (Lipinski definition) is 1. The molecular weight excluding hydrogens is 253 g/mol. The number of aromatic nitrogens is 2. The third-order valence-electron chi connectivity index (χ3n) is 2.65. The molecular formula is C13H15ClFN3. The van der Waals surface area contributed by atoms with Crippen LogP contribution in [-0.4, -0.2) is 9.55 Å². The van der Waals surface area contributed by atoms with E-state index in [0.717, 1.165) is 18.7 Å². The van der Waals surface area contributed by atoms with Crippen molar-refractivity contribution in [3.05, 3.63) is 47.3 Å². The second kappa shape index (κ2) is 5.87. The van der Waals surface area contributed by atoms with E-state index >= 15 is 0 Å². The lowest BCUT2D eigenvalue weighted by Gasteiger charge is -2.10. The lowest BCUT2D eigenvalue weighted by molar-refractivity contribution is 0.627. The van der Waals surface area contributed by atoms with Crippen molar-refractivity contribution in [3.8, 4) is 0 Å². The Labute approximate surface area is 111 Å². The van der Waals surface area contributed by atoms with Crippen LogP contribution in [0.3, 0.4) is 0 Å². The third-order valence-corrected chi connectivity index (χ3v) is 2.89. The first kappa shape index (κ1) is 12.9. The average Bonchev–Trinajstić information content (AvgIpc) is 2.76. The van der Waals surface area contributed by atoms with Crippen LogP contribution in [0.5, 0.6) is 0 Å². The molecule has 0 unspecified atom stereocenters. The van der Waals surface area contributed by atoms with Gasteiger partial charge in [-0.1, -0.05) is 18.5 Å². The first-order valence-electron chi connectivity index (χ1n) is 5.88. The highest BCUT2D eigenvalue weighted by atomic mass is 35.5. The summed E-state index contributed by atoms with van der Waals surface area (Å²) >= 11 is 5.70. The first-order chi connectivity index (χ1) is 8.70. The molecule has 1 aromatic heterocycles. The number of imidazole rings is 1. The van der Waals surface area contributed by atoms with E-state index in [9.17, 15) is 4.39 Å². The van der Waals surface area contributed by atoms with Gasteiger partial charge in [0.2, 0.25) is 0 Å². The second-order valence-electron chi connectivity index (χ2n) is 4.06. The molecule has 96 valence electrons. The van der Waals surface area contributed by atoms with Crippen molar-refractivity contribution in [1.82, 2.24) is 9.55 Å². The molecule has 0 radical (unpaired) electrons. The van der Waals surface area contributed by atoms with Gasteiger partial charge in [-0.15, -0.1) is 0 Å². The van der Waals surface area contributed by atoms with Gasteiger partial charge in [0.1, 0.15) is 5.82 Å². The Kier molecular flexibility index (Phi) is 4.20. The molecule has 0 aliphatic carbocycles. The topological polar surface area (TPSA) is 29.9 Å². The molecule has 0 aliphatic rings. The summed E-state index contributed by atoms with van der Waals surface area (Å²) in [6.07, 6.45) is 4.62. The number of rotatable bonds is 5. The van der Waals surface area contributed by atoms with Crippen LogP contribution in [-0.2, 0) is 13.1 Å². The molecule has 1 heterocycles. The number of anilines is 1. The van der Waals surface area contributed by atoms with Gasteiger partial charge < -0.3 is 9.88 Å². The minimum atomic E-state index is -0.343. The lowest BCUT2D eigenvalue weighted by atomic mass is 10.3. The summed E-state index contributed by atoms with van der Waals surface area (Å²) in [5.41, 5.74) is 1.48. The maximum absolute atomic E-state index is 13.6. The normalized spacial score (nSPS) is 10.6. The predicted octanol–water partition coefficient (Wildman–Crippen LogP) is 3.70. The number of nitrogens with zero attached hydrogens (tertiary/aromatic N) is 2. The summed E-state index contributed by atoms with van der Waals surface area (Å²) in [4.78, 5) is 4.10. The Balaban J connectivity index is 2.04. The van der Waals surface area contributed by atoms with Crippen molar-refractivity contribution in [2.24, 2.45) is 0 Å². The largest absolute Gasteiger partial charge is 0.377 e. The predicted molar refractivity (Wildman–Crippen MR) is 71.3 cm³/mol. The molecule has 0 atom stereocenters. The van der Waals surface area contributed by atoms with E-state index < -0.39 is 0 Å². The van der Waals surface area contributed by atoms with Gasteiger partial charge in [0.15, 0.2) is 0 Å². The fraction of sp³-hybridized carbons (Fsp3) is 0.308. The van der Waals surface area contributed by atoms with Crippen LogP contribution in [0.1, 0.15) is 19.0 Å². The van der Waals surface area contributed by atoms with Crippen LogP contribution in [0.4, 0.5) is 10.1 Å². The highest BCUT2D eigenvalue weighted by Gasteiger charge is 2.05. The maximum Gasteiger partial charge on any atom is 0.147 e. The monoisotopic (exact) mass is 267 g/mol. The zero-order chi connectivity index (χ0) is 13.0. The Morgan fingerprint density at radius 2 is 2.28 bits per heavy atom. The standard InChI is InChI=1S/C13H15ClFN3/c1-2-5-18-9-16-7-11(18)8-17-13-4-3-10(14)6-12(13)15/h3-4,6-7,9,17H,2,5,8H2,1H3. The molecule has 5 heteroatoms. The quantitative estimate of drug-likeness (QED) is 0.895. The fourth-order valence-corrected chi connectivity index (χ4v) is 1.92. The van der Waals surface area contributed by atoms with Gasteiger partial charge in [0.05, 0.1) is 24.3 Å². The van der Waals surface area contributed by atoms with Gasteiger partial charge in [-0.2, -0.15) is 0 Å². The molecule has 0 fully saturated rings. The molecule has 0 saturated heterocycles. The number of benzene rings is 1. The minimum Gasteiger partial charge on any atom is -0.377 e. The molecule has 0 bridgehead atoms. The van der Waals surface area contributed by atoms with Crippen molar-refractivity contribution in [2.45, 2.75) is 26.4 Å². The van der Waals surface area contributed by atoms with Crippen LogP contribution in [0.2, 0.25) is 5.02 Å². The van der Waals surface area contributed by atoms with E-state index in [1.54, 1.807) is 24.7 Å². The van der Waals surface area contributed by atoms with E-state index in [4.69, 9.17) is 11.6 Å². The molecule has 18 heavy (non-hydrogen) atoms. The van der Waals surface area contributed by atoms with Crippen molar-refractivity contribution in [1.29, 1.82) is 0 Å². The highest BCUT2D eigenvalue weighted by molar-refractivity contribution is 6.30. The number of nitrogens with one attached hydrogen (secondary N) is 1. The minimum absolute atomic E-state index is 0.343. The van der Waals surface area contributed by atoms with Crippen molar-refractivity contribution in [2.75, 3.05) is 5.32 Å². The van der Waals surface area contributed by atoms with E-state index in [2.05, 4.69) is 21.8 Å². The Hall–Kier alpha value is -1.55. The molecule has 2 aromatic rings. The smallest absolute Gasteiger partial charge is 0.147 e. The molecule has 0 amide bonds. The van der Waals surface area contributed by atoms with Crippen LogP contribution in [0.25, 0.3) is 0 Å². The molecule has 2 rings (SSSR count). The molecule has 3 nitrogen and oxygen atoms in total. The summed E-state index contributed by atoms with van der Waals surface area (Å²) < 4.78 is 15.6. The zero-order valence-corrected chi connectivity index (χ0v) is 10.9. The Morgan fingerprint density at radius 1 is 1.44 bits per heavy atom. The van der Waals surface area contributed by atoms with Gasteiger partial charge in [0.25, 0.3) is 0 Å². The summed E-state index contributed by atoms with van der Waals surface area (Å²) in [5.74, 6) is -0.343. The van der Waals surface area contributed by atoms with Crippen LogP contribution in [0, 0.1) is 5.82 Å². The molecule has 0 spiro atoms. The van der Waals surface area contributed by atoms with Crippen molar-refractivity contribution >= 4 is 17.3 Å². The second-order valence-corrected chi connectivity index (χ2v) is 4.49.